The Labute approximate surface area is 171 Å². The number of benzene rings is 1. The van der Waals surface area contributed by atoms with Crippen LogP contribution >= 0.6 is 0 Å². The first kappa shape index (κ1) is 18.8. The van der Waals surface area contributed by atoms with E-state index in [1.165, 1.54) is 25.1 Å². The second-order valence-corrected chi connectivity index (χ2v) is 8.63. The maximum Gasteiger partial charge on any atom is 0.223 e. The molecule has 3 heterocycles. The molecule has 2 aliphatic heterocycles. The molecule has 0 bridgehead atoms. The highest BCUT2D eigenvalue weighted by Crippen LogP contribution is 2.29. The van der Waals surface area contributed by atoms with Crippen LogP contribution in [0.25, 0.3) is 11.3 Å². The Kier molecular flexibility index (Phi) is 5.11. The van der Waals surface area contributed by atoms with Crippen LogP contribution in [-0.2, 0) is 9.47 Å². The van der Waals surface area contributed by atoms with Gasteiger partial charge in [-0.2, -0.15) is 0 Å². The zero-order chi connectivity index (χ0) is 19.8. The number of hydrogen-bond donors (Lipinski definition) is 2. The normalized spacial score (nSPS) is 28.3. The maximum absolute atomic E-state index is 6.10. The molecule has 1 aromatic heterocycles. The fraction of sp³-hybridized carbons (Fsp3) is 0.545. The van der Waals surface area contributed by atoms with Crippen molar-refractivity contribution < 1.29 is 14.8 Å². The summed E-state index contributed by atoms with van der Waals surface area (Å²) in [4.78, 5) is 11.2. The molecule has 29 heavy (non-hydrogen) atoms. The van der Waals surface area contributed by atoms with Gasteiger partial charge < -0.3 is 25.0 Å². The zero-order valence-corrected chi connectivity index (χ0v) is 17.1. The molecule has 2 saturated heterocycles. The van der Waals surface area contributed by atoms with Crippen LogP contribution in [0.15, 0.2) is 36.5 Å². The summed E-state index contributed by atoms with van der Waals surface area (Å²) in [6.45, 7) is 2.60. The minimum Gasteiger partial charge on any atom is -0.378 e. The van der Waals surface area contributed by atoms with Gasteiger partial charge in [0.15, 0.2) is 0 Å². The van der Waals surface area contributed by atoms with Crippen molar-refractivity contribution in [3.05, 3.63) is 36.5 Å². The number of rotatable bonds is 7. The van der Waals surface area contributed by atoms with Gasteiger partial charge in [0, 0.05) is 37.5 Å². The van der Waals surface area contributed by atoms with Crippen molar-refractivity contribution in [3.63, 3.8) is 0 Å². The molecule has 3 N–H and O–H groups in total. The zero-order valence-electron chi connectivity index (χ0n) is 17.1. The number of hydrogen-bond acceptors (Lipinski definition) is 6. The molecule has 7 nitrogen and oxygen atoms in total. The third-order valence-corrected chi connectivity index (χ3v) is 6.21. The van der Waals surface area contributed by atoms with Gasteiger partial charge in [-0.25, -0.2) is 9.97 Å². The lowest BCUT2D eigenvalue weighted by atomic mass is 10.1. The third kappa shape index (κ3) is 4.08. The monoisotopic (exact) mass is 396 g/mol. The molecule has 7 heteroatoms. The van der Waals surface area contributed by atoms with Crippen LogP contribution < -0.4 is 15.5 Å². The lowest BCUT2D eigenvalue weighted by Crippen LogP contribution is -2.93. The number of nitrogens with one attached hydrogen (secondary N) is 1. The smallest absolute Gasteiger partial charge is 0.223 e. The largest absolute Gasteiger partial charge is 0.378 e. The first-order chi connectivity index (χ1) is 14.2. The van der Waals surface area contributed by atoms with Gasteiger partial charge in [-0.1, -0.05) is 12.1 Å². The number of ether oxygens (including phenoxy) is 2. The van der Waals surface area contributed by atoms with Gasteiger partial charge in [-0.05, 0) is 31.0 Å². The standard InChI is InChI=1S/C22H29N5O2/c1-27(2)16-7-5-15(6-8-16)17-9-10-23-22(25-17)26-19-13-29-20-18(12-28-21(19)20)24-11-14-3-4-14/h5-10,14,18-21,24H,3-4,11-13H2,1-2H3,(H,23,25,26)/p+1/t18-,19-,20+,21+/m0/s1. The number of nitrogens with zero attached hydrogens (tertiary/aromatic N) is 3. The number of anilines is 2. The van der Waals surface area contributed by atoms with Crippen molar-refractivity contribution in [3.8, 4) is 11.3 Å². The van der Waals surface area contributed by atoms with E-state index in [0.29, 0.717) is 18.6 Å². The maximum atomic E-state index is 6.10. The van der Waals surface area contributed by atoms with E-state index in [1.54, 1.807) is 6.20 Å². The molecule has 0 unspecified atom stereocenters. The van der Waals surface area contributed by atoms with E-state index < -0.39 is 0 Å². The number of quaternary nitrogens is 1. The molecule has 0 radical (unpaired) electrons. The van der Waals surface area contributed by atoms with Crippen molar-refractivity contribution in [1.82, 2.24) is 9.97 Å². The lowest BCUT2D eigenvalue weighted by Gasteiger charge is -2.17. The van der Waals surface area contributed by atoms with Crippen LogP contribution in [0.1, 0.15) is 12.8 Å². The van der Waals surface area contributed by atoms with Crippen molar-refractivity contribution in [2.75, 3.05) is 44.1 Å². The van der Waals surface area contributed by atoms with Gasteiger partial charge in [0.05, 0.1) is 24.9 Å². The summed E-state index contributed by atoms with van der Waals surface area (Å²) in [6.07, 6.45) is 4.80. The fourth-order valence-electron chi connectivity index (χ4n) is 4.26. The molecular formula is C22H30N5O2+. The van der Waals surface area contributed by atoms with Crippen LogP contribution in [0.4, 0.5) is 11.6 Å². The number of nitrogens with two attached hydrogens (primary N) is 1. The van der Waals surface area contributed by atoms with E-state index in [2.05, 4.69) is 44.8 Å². The predicted octanol–water partition coefficient (Wildman–Crippen LogP) is 1.13. The molecule has 3 aliphatic rings. The van der Waals surface area contributed by atoms with E-state index in [0.717, 1.165) is 23.8 Å². The first-order valence-electron chi connectivity index (χ1n) is 10.6. The van der Waals surface area contributed by atoms with Gasteiger partial charge in [0.25, 0.3) is 0 Å². The van der Waals surface area contributed by atoms with Crippen LogP contribution in [-0.4, -0.2) is 68.1 Å². The van der Waals surface area contributed by atoms with Crippen LogP contribution in [0, 0.1) is 5.92 Å². The van der Waals surface area contributed by atoms with E-state index in [-0.39, 0.29) is 18.2 Å². The first-order valence-corrected chi connectivity index (χ1v) is 10.6. The highest BCUT2D eigenvalue weighted by molar-refractivity contribution is 5.63. The van der Waals surface area contributed by atoms with E-state index in [1.807, 2.05) is 20.2 Å². The highest BCUT2D eigenvalue weighted by atomic mass is 16.6. The fourth-order valence-corrected chi connectivity index (χ4v) is 4.26. The molecular weight excluding hydrogens is 366 g/mol. The average molecular weight is 397 g/mol. The van der Waals surface area contributed by atoms with Crippen molar-refractivity contribution in [1.29, 1.82) is 0 Å². The summed E-state index contributed by atoms with van der Waals surface area (Å²) in [7, 11) is 4.08. The second-order valence-electron chi connectivity index (χ2n) is 8.63. The van der Waals surface area contributed by atoms with Crippen molar-refractivity contribution in [2.45, 2.75) is 37.1 Å². The molecule has 3 fully saturated rings. The molecule has 1 saturated carbocycles. The van der Waals surface area contributed by atoms with Crippen molar-refractivity contribution >= 4 is 11.6 Å². The Morgan fingerprint density at radius 3 is 2.62 bits per heavy atom. The number of aromatic nitrogens is 2. The van der Waals surface area contributed by atoms with Crippen LogP contribution in [0.3, 0.4) is 0 Å². The summed E-state index contributed by atoms with van der Waals surface area (Å²) >= 11 is 0. The van der Waals surface area contributed by atoms with Gasteiger partial charge >= 0.3 is 0 Å². The van der Waals surface area contributed by atoms with Gasteiger partial charge in [0.2, 0.25) is 5.95 Å². The molecule has 2 aromatic rings. The second kappa shape index (κ2) is 7.89. The minimum atomic E-state index is 0.0714. The summed E-state index contributed by atoms with van der Waals surface area (Å²) in [5.74, 6) is 1.54. The lowest BCUT2D eigenvalue weighted by molar-refractivity contribution is -0.695. The predicted molar refractivity (Wildman–Crippen MR) is 112 cm³/mol. The molecule has 1 aromatic carbocycles. The number of fused-ring (bicyclic) bond motifs is 1. The minimum absolute atomic E-state index is 0.0714. The quantitative estimate of drug-likeness (QED) is 0.731. The summed E-state index contributed by atoms with van der Waals surface area (Å²) in [5.41, 5.74) is 3.15. The van der Waals surface area contributed by atoms with E-state index >= 15 is 0 Å². The average Bonchev–Trinajstić information content (AvgIpc) is 3.36. The molecule has 4 atom stereocenters. The molecule has 5 rings (SSSR count). The Morgan fingerprint density at radius 2 is 1.86 bits per heavy atom. The molecule has 1 aliphatic carbocycles. The Bertz CT molecular complexity index is 839. The Hall–Kier alpha value is -2.22. The van der Waals surface area contributed by atoms with Gasteiger partial charge in [-0.15, -0.1) is 0 Å². The van der Waals surface area contributed by atoms with Gasteiger partial charge in [0.1, 0.15) is 24.9 Å². The molecule has 0 spiro atoms. The highest BCUT2D eigenvalue weighted by Gasteiger charge is 2.50. The Morgan fingerprint density at radius 1 is 1.07 bits per heavy atom. The Balaban J connectivity index is 1.24. The third-order valence-electron chi connectivity index (χ3n) is 6.21. The van der Waals surface area contributed by atoms with E-state index in [9.17, 15) is 0 Å². The summed E-state index contributed by atoms with van der Waals surface area (Å²) < 4.78 is 12.2. The van der Waals surface area contributed by atoms with E-state index in [4.69, 9.17) is 14.5 Å². The van der Waals surface area contributed by atoms with Crippen molar-refractivity contribution in [2.24, 2.45) is 5.92 Å². The van der Waals surface area contributed by atoms with Gasteiger partial charge in [-0.3, -0.25) is 0 Å². The molecule has 0 amide bonds. The van der Waals surface area contributed by atoms with Crippen LogP contribution in [0.5, 0.6) is 0 Å². The summed E-state index contributed by atoms with van der Waals surface area (Å²) in [5, 5.41) is 5.89. The van der Waals surface area contributed by atoms with Crippen LogP contribution in [0.2, 0.25) is 0 Å². The topological polar surface area (TPSA) is 76.1 Å². The summed E-state index contributed by atoms with van der Waals surface area (Å²) in [6, 6.07) is 10.8. The molecule has 154 valence electrons. The SMILES string of the molecule is CN(C)c1ccc(-c2ccnc(N[C@H]3CO[C@H]4[C@@H]3OC[C@@H]4[NH2+]CC3CC3)n2)cc1.